The van der Waals surface area contributed by atoms with Crippen LogP contribution < -0.4 is 16.6 Å². The van der Waals surface area contributed by atoms with Crippen molar-refractivity contribution in [2.24, 2.45) is 11.8 Å². The van der Waals surface area contributed by atoms with Crippen molar-refractivity contribution in [2.75, 3.05) is 30.5 Å². The van der Waals surface area contributed by atoms with Crippen molar-refractivity contribution in [3.63, 3.8) is 0 Å². The average Bonchev–Trinajstić information content (AvgIpc) is 2.89. The Bertz CT molecular complexity index is 463. The van der Waals surface area contributed by atoms with Gasteiger partial charge in [-0.3, -0.25) is 0 Å². The van der Waals surface area contributed by atoms with Crippen LogP contribution in [0.5, 0.6) is 0 Å². The van der Waals surface area contributed by atoms with Gasteiger partial charge in [-0.05, 0) is 13.3 Å². The molecule has 0 saturated carbocycles. The molecule has 1 saturated heterocycles. The molecule has 0 spiro atoms. The number of hydrazine groups is 1. The second-order valence-electron chi connectivity index (χ2n) is 6.37. The Labute approximate surface area is 120 Å². The molecule has 0 bridgehead atoms. The van der Waals surface area contributed by atoms with Gasteiger partial charge in [0, 0.05) is 30.0 Å². The summed E-state index contributed by atoms with van der Waals surface area (Å²) in [6.45, 7) is 10.8. The summed E-state index contributed by atoms with van der Waals surface area (Å²) in [6, 6.07) is 0. The average molecular weight is 279 g/mol. The maximum atomic E-state index is 5.56. The molecule has 2 heterocycles. The van der Waals surface area contributed by atoms with Crippen LogP contribution in [0, 0.1) is 12.8 Å². The van der Waals surface area contributed by atoms with Gasteiger partial charge in [-0.25, -0.2) is 15.8 Å². The Kier molecular flexibility index (Phi) is 4.45. The SMILES string of the molecule is Cc1c(NN)nc(C(C)(C)C)nc1NCC1CCOC1. The zero-order valence-electron chi connectivity index (χ0n) is 12.8. The van der Waals surface area contributed by atoms with E-state index in [0.29, 0.717) is 11.7 Å². The summed E-state index contributed by atoms with van der Waals surface area (Å²) in [7, 11) is 0. The summed E-state index contributed by atoms with van der Waals surface area (Å²) in [5, 5.41) is 3.42. The Hall–Kier alpha value is -1.40. The molecule has 2 rings (SSSR count). The number of hydrogen-bond acceptors (Lipinski definition) is 6. The maximum absolute atomic E-state index is 5.56. The fourth-order valence-corrected chi connectivity index (χ4v) is 2.15. The molecule has 1 aromatic heterocycles. The van der Waals surface area contributed by atoms with E-state index in [1.807, 2.05) is 6.92 Å². The molecule has 1 aliphatic rings. The van der Waals surface area contributed by atoms with Gasteiger partial charge in [-0.1, -0.05) is 20.8 Å². The van der Waals surface area contributed by atoms with Crippen LogP contribution in [0.15, 0.2) is 0 Å². The smallest absolute Gasteiger partial charge is 0.148 e. The van der Waals surface area contributed by atoms with Crippen LogP contribution >= 0.6 is 0 Å². The molecule has 1 fully saturated rings. The van der Waals surface area contributed by atoms with Crippen molar-refractivity contribution in [2.45, 2.75) is 39.5 Å². The largest absolute Gasteiger partial charge is 0.381 e. The zero-order chi connectivity index (χ0) is 14.8. The molecule has 1 atom stereocenters. The van der Waals surface area contributed by atoms with Gasteiger partial charge >= 0.3 is 0 Å². The minimum atomic E-state index is -0.119. The van der Waals surface area contributed by atoms with Crippen molar-refractivity contribution in [3.05, 3.63) is 11.4 Å². The lowest BCUT2D eigenvalue weighted by atomic mass is 9.95. The van der Waals surface area contributed by atoms with E-state index in [9.17, 15) is 0 Å². The summed E-state index contributed by atoms with van der Waals surface area (Å²) < 4.78 is 5.39. The van der Waals surface area contributed by atoms with Gasteiger partial charge < -0.3 is 15.5 Å². The van der Waals surface area contributed by atoms with Crippen molar-refractivity contribution in [1.82, 2.24) is 9.97 Å². The van der Waals surface area contributed by atoms with Crippen LogP contribution in [-0.2, 0) is 10.2 Å². The highest BCUT2D eigenvalue weighted by Gasteiger charge is 2.22. The van der Waals surface area contributed by atoms with E-state index in [4.69, 9.17) is 10.6 Å². The molecule has 4 N–H and O–H groups in total. The van der Waals surface area contributed by atoms with E-state index >= 15 is 0 Å². The number of hydrogen-bond donors (Lipinski definition) is 3. The highest BCUT2D eigenvalue weighted by atomic mass is 16.5. The number of ether oxygens (including phenoxy) is 1. The highest BCUT2D eigenvalue weighted by molar-refractivity contribution is 5.57. The predicted octanol–water partition coefficient (Wildman–Crippen LogP) is 1.82. The third-order valence-corrected chi connectivity index (χ3v) is 3.54. The molecule has 0 aliphatic carbocycles. The Morgan fingerprint density at radius 3 is 2.55 bits per heavy atom. The van der Waals surface area contributed by atoms with Crippen LogP contribution in [0.25, 0.3) is 0 Å². The molecule has 0 aromatic carbocycles. The number of rotatable bonds is 4. The molecule has 1 aromatic rings. The number of anilines is 2. The maximum Gasteiger partial charge on any atom is 0.148 e. The van der Waals surface area contributed by atoms with Crippen LogP contribution in [0.3, 0.4) is 0 Å². The lowest BCUT2D eigenvalue weighted by Crippen LogP contribution is -2.23. The van der Waals surface area contributed by atoms with Gasteiger partial charge in [0.25, 0.3) is 0 Å². The lowest BCUT2D eigenvalue weighted by Gasteiger charge is -2.21. The molecule has 6 heteroatoms. The van der Waals surface area contributed by atoms with Crippen molar-refractivity contribution in [1.29, 1.82) is 0 Å². The summed E-state index contributed by atoms with van der Waals surface area (Å²) in [4.78, 5) is 9.15. The van der Waals surface area contributed by atoms with E-state index in [1.165, 1.54) is 0 Å². The summed E-state index contributed by atoms with van der Waals surface area (Å²) in [5.41, 5.74) is 3.49. The summed E-state index contributed by atoms with van der Waals surface area (Å²) >= 11 is 0. The van der Waals surface area contributed by atoms with Gasteiger partial charge in [0.1, 0.15) is 17.5 Å². The molecule has 6 nitrogen and oxygen atoms in total. The van der Waals surface area contributed by atoms with E-state index in [-0.39, 0.29) is 5.41 Å². The molecular weight excluding hydrogens is 254 g/mol. The Balaban J connectivity index is 2.21. The highest BCUT2D eigenvalue weighted by Crippen LogP contribution is 2.26. The van der Waals surface area contributed by atoms with E-state index in [2.05, 4.69) is 41.5 Å². The van der Waals surface area contributed by atoms with Gasteiger partial charge in [0.05, 0.1) is 6.61 Å². The number of nitrogens with two attached hydrogens (primary N) is 1. The number of nitrogen functional groups attached to an aromatic ring is 1. The van der Waals surface area contributed by atoms with Gasteiger partial charge in [0.2, 0.25) is 0 Å². The zero-order valence-corrected chi connectivity index (χ0v) is 12.8. The Morgan fingerprint density at radius 2 is 2.00 bits per heavy atom. The van der Waals surface area contributed by atoms with Crippen LogP contribution in [0.1, 0.15) is 38.6 Å². The molecule has 112 valence electrons. The predicted molar refractivity (Wildman–Crippen MR) is 80.7 cm³/mol. The molecule has 1 aliphatic heterocycles. The monoisotopic (exact) mass is 279 g/mol. The third-order valence-electron chi connectivity index (χ3n) is 3.54. The third kappa shape index (κ3) is 3.37. The van der Waals surface area contributed by atoms with Crippen LogP contribution in [0.2, 0.25) is 0 Å². The molecule has 1 unspecified atom stereocenters. The first-order chi connectivity index (χ1) is 9.41. The number of nitrogens with zero attached hydrogens (tertiary/aromatic N) is 2. The molecule has 20 heavy (non-hydrogen) atoms. The fraction of sp³-hybridized carbons (Fsp3) is 0.714. The van der Waals surface area contributed by atoms with E-state index in [1.54, 1.807) is 0 Å². The lowest BCUT2D eigenvalue weighted by molar-refractivity contribution is 0.187. The fourth-order valence-electron chi connectivity index (χ4n) is 2.15. The van der Waals surface area contributed by atoms with Gasteiger partial charge in [-0.15, -0.1) is 0 Å². The second-order valence-corrected chi connectivity index (χ2v) is 6.37. The second kappa shape index (κ2) is 5.93. The number of aromatic nitrogens is 2. The topological polar surface area (TPSA) is 85.1 Å². The van der Waals surface area contributed by atoms with Gasteiger partial charge in [-0.2, -0.15) is 0 Å². The van der Waals surface area contributed by atoms with Crippen LogP contribution in [-0.4, -0.2) is 29.7 Å². The minimum absolute atomic E-state index is 0.119. The normalized spacial score (nSPS) is 19.1. The molecule has 0 amide bonds. The summed E-state index contributed by atoms with van der Waals surface area (Å²) in [6.07, 6.45) is 1.10. The molecule has 0 radical (unpaired) electrons. The first-order valence-corrected chi connectivity index (χ1v) is 7.09. The first kappa shape index (κ1) is 15.0. The number of nitrogens with one attached hydrogen (secondary N) is 2. The van der Waals surface area contributed by atoms with Crippen molar-refractivity contribution in [3.8, 4) is 0 Å². The van der Waals surface area contributed by atoms with Crippen LogP contribution in [0.4, 0.5) is 11.6 Å². The first-order valence-electron chi connectivity index (χ1n) is 7.09. The molecular formula is C14H25N5O. The Morgan fingerprint density at radius 1 is 1.30 bits per heavy atom. The standard InChI is InChI=1S/C14H25N5O/c1-9-11(16-7-10-5-6-20-8-10)17-13(14(2,3)4)18-12(9)19-15/h10H,5-8,15H2,1-4H3,(H2,16,17,18,19). The van der Waals surface area contributed by atoms with Crippen molar-refractivity contribution < 1.29 is 4.74 Å². The van der Waals surface area contributed by atoms with E-state index < -0.39 is 0 Å². The quantitative estimate of drug-likeness (QED) is 0.576. The summed E-state index contributed by atoms with van der Waals surface area (Å²) in [5.74, 6) is 8.42. The van der Waals surface area contributed by atoms with Crippen molar-refractivity contribution >= 4 is 11.6 Å². The van der Waals surface area contributed by atoms with Gasteiger partial charge in [0.15, 0.2) is 0 Å². The minimum Gasteiger partial charge on any atom is -0.381 e. The van der Waals surface area contributed by atoms with E-state index in [0.717, 1.165) is 43.4 Å².